The van der Waals surface area contributed by atoms with E-state index in [9.17, 15) is 4.79 Å². The van der Waals surface area contributed by atoms with Crippen LogP contribution in [0.15, 0.2) is 42.5 Å². The lowest BCUT2D eigenvalue weighted by Gasteiger charge is -2.18. The molecular weight excluding hydrogens is 320 g/mol. The van der Waals surface area contributed by atoms with Gasteiger partial charge in [-0.1, -0.05) is 6.07 Å². The van der Waals surface area contributed by atoms with E-state index in [1.165, 1.54) is 0 Å². The number of nitrogens with zero attached hydrogens (tertiary/aromatic N) is 2. The number of likely N-dealkylation sites (N-methyl/N-ethyl adjacent to an activating group) is 1. The summed E-state index contributed by atoms with van der Waals surface area (Å²) in [7, 11) is 4.86. The summed E-state index contributed by atoms with van der Waals surface area (Å²) in [6.45, 7) is 0.353. The largest absolute Gasteiger partial charge is 0.493 e. The van der Waals surface area contributed by atoms with E-state index in [2.05, 4.69) is 0 Å². The molecule has 0 spiro atoms. The van der Waals surface area contributed by atoms with E-state index in [1.807, 2.05) is 18.2 Å². The van der Waals surface area contributed by atoms with Crippen LogP contribution in [0.2, 0.25) is 0 Å². The molecule has 130 valence electrons. The van der Waals surface area contributed by atoms with E-state index in [4.69, 9.17) is 19.5 Å². The summed E-state index contributed by atoms with van der Waals surface area (Å²) in [5.74, 6) is 1.66. The average molecular weight is 340 g/mol. The fourth-order valence-corrected chi connectivity index (χ4v) is 2.22. The van der Waals surface area contributed by atoms with Gasteiger partial charge < -0.3 is 19.1 Å². The minimum Gasteiger partial charge on any atom is -0.493 e. The quantitative estimate of drug-likeness (QED) is 0.775. The topological polar surface area (TPSA) is 71.8 Å². The maximum atomic E-state index is 12.2. The van der Waals surface area contributed by atoms with E-state index < -0.39 is 0 Å². The van der Waals surface area contributed by atoms with E-state index in [-0.39, 0.29) is 12.5 Å². The van der Waals surface area contributed by atoms with E-state index in [0.29, 0.717) is 29.4 Å². The Kier molecular flexibility index (Phi) is 6.24. The van der Waals surface area contributed by atoms with Crippen molar-refractivity contribution in [2.24, 2.45) is 0 Å². The molecule has 0 atom stereocenters. The number of amides is 1. The van der Waals surface area contributed by atoms with Crippen LogP contribution in [0.5, 0.6) is 17.2 Å². The van der Waals surface area contributed by atoms with Crippen molar-refractivity contribution in [1.82, 2.24) is 4.90 Å². The molecule has 6 nitrogen and oxygen atoms in total. The summed E-state index contributed by atoms with van der Waals surface area (Å²) in [6.07, 6.45) is 0. The molecule has 2 aromatic carbocycles. The molecule has 0 bridgehead atoms. The Balaban J connectivity index is 1.92. The van der Waals surface area contributed by atoms with Crippen molar-refractivity contribution in [2.45, 2.75) is 6.54 Å². The highest BCUT2D eigenvalue weighted by Crippen LogP contribution is 2.27. The van der Waals surface area contributed by atoms with Crippen molar-refractivity contribution in [3.8, 4) is 23.3 Å². The molecule has 0 saturated carbocycles. The number of hydrogen-bond acceptors (Lipinski definition) is 5. The minimum atomic E-state index is -0.154. The lowest BCUT2D eigenvalue weighted by Crippen LogP contribution is -2.30. The van der Waals surface area contributed by atoms with Crippen molar-refractivity contribution < 1.29 is 19.0 Å². The number of rotatable bonds is 7. The van der Waals surface area contributed by atoms with Crippen LogP contribution in [-0.4, -0.2) is 38.7 Å². The highest BCUT2D eigenvalue weighted by molar-refractivity contribution is 5.77. The summed E-state index contributed by atoms with van der Waals surface area (Å²) in [5.41, 5.74) is 1.47. The van der Waals surface area contributed by atoms with Gasteiger partial charge in [-0.15, -0.1) is 0 Å². The number of benzene rings is 2. The second-order valence-corrected chi connectivity index (χ2v) is 5.36. The summed E-state index contributed by atoms with van der Waals surface area (Å²) in [6, 6.07) is 14.2. The number of carbonyl (C=O) groups is 1. The highest BCUT2D eigenvalue weighted by Gasteiger charge is 2.12. The number of carbonyl (C=O) groups excluding carboxylic acids is 1. The van der Waals surface area contributed by atoms with Crippen LogP contribution in [0.1, 0.15) is 11.1 Å². The smallest absolute Gasteiger partial charge is 0.260 e. The second-order valence-electron chi connectivity index (χ2n) is 5.36. The number of hydrogen-bond donors (Lipinski definition) is 0. The second kappa shape index (κ2) is 8.60. The number of ether oxygens (including phenoxy) is 3. The first kappa shape index (κ1) is 18.1. The van der Waals surface area contributed by atoms with Crippen molar-refractivity contribution in [2.75, 3.05) is 27.9 Å². The van der Waals surface area contributed by atoms with Gasteiger partial charge in [0.05, 0.1) is 25.9 Å². The molecule has 0 heterocycles. The maximum absolute atomic E-state index is 12.2. The third-order valence-corrected chi connectivity index (χ3v) is 3.64. The van der Waals surface area contributed by atoms with Crippen molar-refractivity contribution in [3.05, 3.63) is 53.6 Å². The van der Waals surface area contributed by atoms with Gasteiger partial charge in [-0.05, 0) is 42.0 Å². The first-order valence-corrected chi connectivity index (χ1v) is 7.65. The summed E-state index contributed by atoms with van der Waals surface area (Å²) < 4.78 is 15.9. The van der Waals surface area contributed by atoms with Crippen molar-refractivity contribution in [1.29, 1.82) is 5.26 Å². The molecule has 0 aliphatic carbocycles. The van der Waals surface area contributed by atoms with Crippen LogP contribution in [0.3, 0.4) is 0 Å². The van der Waals surface area contributed by atoms with Gasteiger partial charge in [0.25, 0.3) is 5.91 Å². The maximum Gasteiger partial charge on any atom is 0.260 e. The van der Waals surface area contributed by atoms with Crippen LogP contribution in [-0.2, 0) is 11.3 Å². The molecule has 25 heavy (non-hydrogen) atoms. The van der Waals surface area contributed by atoms with E-state index in [0.717, 1.165) is 5.56 Å². The Morgan fingerprint density at radius 1 is 1.08 bits per heavy atom. The Labute approximate surface area is 147 Å². The summed E-state index contributed by atoms with van der Waals surface area (Å²) in [4.78, 5) is 13.8. The fourth-order valence-electron chi connectivity index (χ4n) is 2.22. The number of methoxy groups -OCH3 is 2. The Hall–Kier alpha value is -3.20. The zero-order chi connectivity index (χ0) is 18.2. The normalized spacial score (nSPS) is 9.84. The summed E-state index contributed by atoms with van der Waals surface area (Å²) >= 11 is 0. The van der Waals surface area contributed by atoms with Crippen LogP contribution < -0.4 is 14.2 Å². The zero-order valence-electron chi connectivity index (χ0n) is 14.5. The van der Waals surface area contributed by atoms with Crippen LogP contribution >= 0.6 is 0 Å². The molecule has 0 fully saturated rings. The predicted octanol–water partition coefficient (Wildman–Crippen LogP) is 2.61. The van der Waals surface area contributed by atoms with Gasteiger partial charge in [-0.2, -0.15) is 5.26 Å². The monoisotopic (exact) mass is 340 g/mol. The SMILES string of the molecule is COc1ccc(CN(C)C(=O)COc2ccc(C#N)cc2)cc1OC. The highest BCUT2D eigenvalue weighted by atomic mass is 16.5. The molecule has 2 aromatic rings. The molecule has 0 aromatic heterocycles. The van der Waals surface area contributed by atoms with Crippen LogP contribution in [0, 0.1) is 11.3 Å². The van der Waals surface area contributed by atoms with Crippen LogP contribution in [0.4, 0.5) is 0 Å². The van der Waals surface area contributed by atoms with Gasteiger partial charge >= 0.3 is 0 Å². The molecule has 0 N–H and O–H groups in total. The molecule has 0 radical (unpaired) electrons. The molecule has 0 saturated heterocycles. The van der Waals surface area contributed by atoms with Gasteiger partial charge in [-0.25, -0.2) is 0 Å². The zero-order valence-corrected chi connectivity index (χ0v) is 14.5. The lowest BCUT2D eigenvalue weighted by molar-refractivity contribution is -0.132. The van der Waals surface area contributed by atoms with Gasteiger partial charge in [0, 0.05) is 13.6 Å². The third kappa shape index (κ3) is 4.88. The van der Waals surface area contributed by atoms with Crippen LogP contribution in [0.25, 0.3) is 0 Å². The number of nitriles is 1. The molecular formula is C19H20N2O4. The third-order valence-electron chi connectivity index (χ3n) is 3.64. The standard InChI is InChI=1S/C19H20N2O4/c1-21(12-15-6-9-17(23-2)18(10-15)24-3)19(22)13-25-16-7-4-14(11-20)5-8-16/h4-10H,12-13H2,1-3H3. The van der Waals surface area contributed by atoms with Gasteiger partial charge in [0.15, 0.2) is 18.1 Å². The van der Waals surface area contributed by atoms with Gasteiger partial charge in [0.2, 0.25) is 0 Å². The average Bonchev–Trinajstić information content (AvgIpc) is 2.66. The molecule has 0 aliphatic heterocycles. The van der Waals surface area contributed by atoms with Gasteiger partial charge in [-0.3, -0.25) is 4.79 Å². The Bertz CT molecular complexity index is 766. The van der Waals surface area contributed by atoms with Crippen molar-refractivity contribution in [3.63, 3.8) is 0 Å². The summed E-state index contributed by atoms with van der Waals surface area (Å²) in [5, 5.41) is 8.76. The molecule has 0 unspecified atom stereocenters. The Morgan fingerprint density at radius 3 is 2.36 bits per heavy atom. The van der Waals surface area contributed by atoms with Crippen molar-refractivity contribution >= 4 is 5.91 Å². The first-order chi connectivity index (χ1) is 12.1. The van der Waals surface area contributed by atoms with E-state index in [1.54, 1.807) is 56.5 Å². The van der Waals surface area contributed by atoms with Gasteiger partial charge in [0.1, 0.15) is 5.75 Å². The molecule has 2 rings (SSSR count). The predicted molar refractivity (Wildman–Crippen MR) is 92.7 cm³/mol. The minimum absolute atomic E-state index is 0.0737. The Morgan fingerprint density at radius 2 is 1.76 bits per heavy atom. The van der Waals surface area contributed by atoms with E-state index >= 15 is 0 Å². The molecule has 0 aliphatic rings. The lowest BCUT2D eigenvalue weighted by atomic mass is 10.2. The fraction of sp³-hybridized carbons (Fsp3) is 0.263. The molecule has 6 heteroatoms. The first-order valence-electron chi connectivity index (χ1n) is 7.65. The molecule has 1 amide bonds.